The number of carbonyl (C=O) groups excluding carboxylic acids is 1. The molecule has 2 fully saturated rings. The second-order valence-corrected chi connectivity index (χ2v) is 5.54. The van der Waals surface area contributed by atoms with E-state index in [-0.39, 0.29) is 10.0 Å². The van der Waals surface area contributed by atoms with Crippen LogP contribution in [0.3, 0.4) is 0 Å². The van der Waals surface area contributed by atoms with Crippen LogP contribution in [0.5, 0.6) is 0 Å². The van der Waals surface area contributed by atoms with E-state index in [2.05, 4.69) is 32.8 Å². The normalized spacial score (nSPS) is 28.1. The third kappa shape index (κ3) is 3.54. The number of amides is 1. The van der Waals surface area contributed by atoms with Gasteiger partial charge in [0.05, 0.1) is 19.7 Å². The average molecular weight is 339 g/mol. The van der Waals surface area contributed by atoms with Crippen molar-refractivity contribution in [1.82, 2.24) is 15.1 Å². The zero-order valence-electron chi connectivity index (χ0n) is 9.32. The lowest BCUT2D eigenvalue weighted by molar-refractivity contribution is -0.137. The first kappa shape index (κ1) is 12.5. The average Bonchev–Trinajstić information content (AvgIpc) is 2.30. The molecule has 2 aliphatic rings. The van der Waals surface area contributed by atoms with Crippen molar-refractivity contribution in [1.29, 1.82) is 0 Å². The Balaban J connectivity index is 1.77. The highest BCUT2D eigenvalue weighted by Gasteiger charge is 2.24. The van der Waals surface area contributed by atoms with Gasteiger partial charge in [0.2, 0.25) is 5.91 Å². The molecule has 0 spiro atoms. The van der Waals surface area contributed by atoms with Crippen molar-refractivity contribution in [2.45, 2.75) is 4.11 Å². The maximum absolute atomic E-state index is 12.0. The van der Waals surface area contributed by atoms with Crippen molar-refractivity contribution in [3.63, 3.8) is 0 Å². The predicted molar refractivity (Wildman–Crippen MR) is 69.6 cm³/mol. The highest BCUT2D eigenvalue weighted by Crippen LogP contribution is 2.11. The summed E-state index contributed by atoms with van der Waals surface area (Å²) in [6.45, 7) is 6.63. The van der Waals surface area contributed by atoms with Gasteiger partial charge in [-0.1, -0.05) is 0 Å². The van der Waals surface area contributed by atoms with Crippen LogP contribution < -0.4 is 5.32 Å². The molecule has 2 rings (SSSR count). The smallest absolute Gasteiger partial charge is 0.236 e. The molecule has 5 nitrogen and oxygen atoms in total. The minimum absolute atomic E-state index is 0.151. The van der Waals surface area contributed by atoms with Crippen LogP contribution in [0.4, 0.5) is 0 Å². The first-order valence-corrected chi connectivity index (χ1v) is 6.97. The molecule has 92 valence electrons. The van der Waals surface area contributed by atoms with Crippen LogP contribution in [0, 0.1) is 0 Å². The number of carbonyl (C=O) groups is 1. The number of piperazine rings is 1. The molecule has 2 aliphatic heterocycles. The summed E-state index contributed by atoms with van der Waals surface area (Å²) in [5.74, 6) is 0.242. The van der Waals surface area contributed by atoms with Gasteiger partial charge in [-0.2, -0.15) is 0 Å². The van der Waals surface area contributed by atoms with E-state index >= 15 is 0 Å². The van der Waals surface area contributed by atoms with Crippen molar-refractivity contribution in [2.75, 3.05) is 52.4 Å². The number of hydrogen-bond acceptors (Lipinski definition) is 4. The summed E-state index contributed by atoms with van der Waals surface area (Å²) in [4.78, 5) is 16.2. The van der Waals surface area contributed by atoms with Crippen LogP contribution in [0.25, 0.3) is 0 Å². The number of hydrogen-bond donors (Lipinski definition) is 1. The fourth-order valence-electron chi connectivity index (χ4n) is 2.00. The Hall–Kier alpha value is 0.0800. The molecule has 0 radical (unpaired) electrons. The number of morpholine rings is 1. The van der Waals surface area contributed by atoms with Crippen molar-refractivity contribution < 1.29 is 9.53 Å². The molecular formula is C10H18IN3O2. The standard InChI is InChI=1S/C10H18IN3O2/c11-9-7-14(5-6-16-9)10(15)8-13-3-1-12-2-4-13/h9,12H,1-8H2. The molecule has 16 heavy (non-hydrogen) atoms. The fourth-order valence-corrected chi connectivity index (χ4v) is 2.72. The summed E-state index contributed by atoms with van der Waals surface area (Å²) in [6, 6.07) is 0. The number of nitrogens with one attached hydrogen (secondary N) is 1. The molecule has 0 aromatic heterocycles. The van der Waals surface area contributed by atoms with Crippen molar-refractivity contribution in [2.24, 2.45) is 0 Å². The first-order chi connectivity index (χ1) is 7.75. The topological polar surface area (TPSA) is 44.8 Å². The molecule has 6 heteroatoms. The van der Waals surface area contributed by atoms with Gasteiger partial charge in [0.15, 0.2) is 0 Å². The molecule has 0 aliphatic carbocycles. The van der Waals surface area contributed by atoms with Crippen LogP contribution >= 0.6 is 22.6 Å². The largest absolute Gasteiger partial charge is 0.364 e. The van der Waals surface area contributed by atoms with Gasteiger partial charge in [-0.15, -0.1) is 0 Å². The maximum Gasteiger partial charge on any atom is 0.236 e. The summed E-state index contributed by atoms with van der Waals surface area (Å²) in [5.41, 5.74) is 0. The second-order valence-electron chi connectivity index (χ2n) is 4.15. The van der Waals surface area contributed by atoms with E-state index in [1.165, 1.54) is 0 Å². The van der Waals surface area contributed by atoms with Crippen molar-refractivity contribution in [3.8, 4) is 0 Å². The zero-order chi connectivity index (χ0) is 11.4. The zero-order valence-corrected chi connectivity index (χ0v) is 11.5. The summed E-state index contributed by atoms with van der Waals surface area (Å²) in [7, 11) is 0. The van der Waals surface area contributed by atoms with Gasteiger partial charge in [-0.05, 0) is 22.6 Å². The van der Waals surface area contributed by atoms with Crippen LogP contribution in [0.1, 0.15) is 0 Å². The maximum atomic E-state index is 12.0. The Bertz CT molecular complexity index is 246. The van der Waals surface area contributed by atoms with E-state index in [1.807, 2.05) is 4.90 Å². The molecular weight excluding hydrogens is 321 g/mol. The van der Waals surface area contributed by atoms with Crippen LogP contribution in [-0.4, -0.2) is 72.2 Å². The summed E-state index contributed by atoms with van der Waals surface area (Å²) >= 11 is 2.24. The summed E-state index contributed by atoms with van der Waals surface area (Å²) in [6.07, 6.45) is 0. The van der Waals surface area contributed by atoms with E-state index in [4.69, 9.17) is 4.74 Å². The number of rotatable bonds is 2. The van der Waals surface area contributed by atoms with E-state index in [0.29, 0.717) is 13.2 Å². The number of halogens is 1. The number of nitrogens with zero attached hydrogens (tertiary/aromatic N) is 2. The van der Waals surface area contributed by atoms with Crippen molar-refractivity contribution in [3.05, 3.63) is 0 Å². The summed E-state index contributed by atoms with van der Waals surface area (Å²) < 4.78 is 5.57. The van der Waals surface area contributed by atoms with Gasteiger partial charge in [0.25, 0.3) is 0 Å². The van der Waals surface area contributed by atoms with E-state index in [1.54, 1.807) is 0 Å². The Morgan fingerprint density at radius 2 is 2.12 bits per heavy atom. The van der Waals surface area contributed by atoms with Gasteiger partial charge in [-0.3, -0.25) is 9.69 Å². The van der Waals surface area contributed by atoms with Crippen LogP contribution in [0.15, 0.2) is 0 Å². The van der Waals surface area contributed by atoms with Crippen molar-refractivity contribution >= 4 is 28.5 Å². The summed E-state index contributed by atoms with van der Waals surface area (Å²) in [5, 5.41) is 3.29. The van der Waals surface area contributed by atoms with Gasteiger partial charge in [-0.25, -0.2) is 0 Å². The molecule has 1 atom stereocenters. The quantitative estimate of drug-likeness (QED) is 0.545. The Kier molecular flexibility index (Phi) is 4.80. The molecule has 0 aromatic rings. The lowest BCUT2D eigenvalue weighted by Gasteiger charge is -2.33. The monoisotopic (exact) mass is 339 g/mol. The van der Waals surface area contributed by atoms with Crippen LogP contribution in [-0.2, 0) is 9.53 Å². The number of ether oxygens (including phenoxy) is 1. The third-order valence-corrected chi connectivity index (χ3v) is 3.70. The minimum atomic E-state index is 0.151. The third-order valence-electron chi connectivity index (χ3n) is 2.95. The van der Waals surface area contributed by atoms with E-state index in [0.717, 1.165) is 39.3 Å². The minimum Gasteiger partial charge on any atom is -0.364 e. The fraction of sp³-hybridized carbons (Fsp3) is 0.900. The Labute approximate surface area is 110 Å². The molecule has 0 bridgehead atoms. The second kappa shape index (κ2) is 6.13. The molecule has 2 heterocycles. The first-order valence-electron chi connectivity index (χ1n) is 5.72. The number of alkyl halides is 1. The molecule has 1 N–H and O–H groups in total. The lowest BCUT2D eigenvalue weighted by Crippen LogP contribution is -2.51. The van der Waals surface area contributed by atoms with Crippen LogP contribution in [0.2, 0.25) is 0 Å². The SMILES string of the molecule is O=C(CN1CCNCC1)N1CCOC(I)C1. The molecule has 2 saturated heterocycles. The molecule has 1 unspecified atom stereocenters. The van der Waals surface area contributed by atoms with Gasteiger partial charge < -0.3 is 15.0 Å². The van der Waals surface area contributed by atoms with Gasteiger partial charge in [0, 0.05) is 32.7 Å². The van der Waals surface area contributed by atoms with Gasteiger partial charge >= 0.3 is 0 Å². The highest BCUT2D eigenvalue weighted by molar-refractivity contribution is 14.1. The molecule has 1 amide bonds. The van der Waals surface area contributed by atoms with E-state index < -0.39 is 0 Å². The highest BCUT2D eigenvalue weighted by atomic mass is 127. The predicted octanol–water partition coefficient (Wildman–Crippen LogP) is -0.488. The lowest BCUT2D eigenvalue weighted by atomic mass is 10.3. The molecule has 0 aromatic carbocycles. The van der Waals surface area contributed by atoms with Gasteiger partial charge in [0.1, 0.15) is 4.11 Å². The Morgan fingerprint density at radius 1 is 1.38 bits per heavy atom. The van der Waals surface area contributed by atoms with E-state index in [9.17, 15) is 4.79 Å². The Morgan fingerprint density at radius 3 is 2.81 bits per heavy atom. The molecule has 0 saturated carbocycles.